The van der Waals surface area contributed by atoms with Crippen LogP contribution in [-0.4, -0.2) is 11.9 Å². The Hall–Kier alpha value is -3.40. The third kappa shape index (κ3) is 2.44. The summed E-state index contributed by atoms with van der Waals surface area (Å²) in [6.07, 6.45) is 3.18. The lowest BCUT2D eigenvalue weighted by atomic mass is 10.1. The van der Waals surface area contributed by atoms with Gasteiger partial charge >= 0.3 is 11.9 Å². The molecule has 2 aliphatic rings. The minimum Gasteiger partial charge on any atom is -0.422 e. The van der Waals surface area contributed by atoms with Crippen LogP contribution in [0.25, 0.3) is 11.3 Å². The van der Waals surface area contributed by atoms with Crippen molar-refractivity contribution in [2.75, 3.05) is 0 Å². The first kappa shape index (κ1) is 14.2. The smallest absolute Gasteiger partial charge is 0.347 e. The van der Waals surface area contributed by atoms with Crippen LogP contribution in [0.3, 0.4) is 0 Å². The molecule has 0 spiro atoms. The summed E-state index contributed by atoms with van der Waals surface area (Å²) in [7, 11) is 0. The maximum Gasteiger partial charge on any atom is 0.347 e. The van der Waals surface area contributed by atoms with E-state index in [0.29, 0.717) is 11.3 Å². The summed E-state index contributed by atoms with van der Waals surface area (Å²) < 4.78 is 10.6. The van der Waals surface area contributed by atoms with Gasteiger partial charge in [0.25, 0.3) is 0 Å². The van der Waals surface area contributed by atoms with Gasteiger partial charge in [0.15, 0.2) is 0 Å². The van der Waals surface area contributed by atoms with E-state index in [0.717, 1.165) is 11.1 Å². The van der Waals surface area contributed by atoms with Gasteiger partial charge in [-0.05, 0) is 17.7 Å². The van der Waals surface area contributed by atoms with E-state index in [-0.39, 0.29) is 11.3 Å². The van der Waals surface area contributed by atoms with Crippen molar-refractivity contribution >= 4 is 23.3 Å². The summed E-state index contributed by atoms with van der Waals surface area (Å²) >= 11 is 0. The molecule has 0 bridgehead atoms. The summed E-state index contributed by atoms with van der Waals surface area (Å²) in [4.78, 5) is 24.2. The molecule has 0 aliphatic carbocycles. The SMILES string of the molecule is O=C1O/C(=C2/C=C(c3ccccc3)OC2=O)C=C1c1ccccc1. The van der Waals surface area contributed by atoms with E-state index in [1.165, 1.54) is 0 Å². The Balaban J connectivity index is 1.75. The largest absolute Gasteiger partial charge is 0.422 e. The van der Waals surface area contributed by atoms with Gasteiger partial charge in [0.05, 0.1) is 5.57 Å². The highest BCUT2D eigenvalue weighted by atomic mass is 16.6. The number of benzene rings is 2. The Morgan fingerprint density at radius 1 is 0.625 bits per heavy atom. The molecular weight excluding hydrogens is 304 g/mol. The maximum absolute atomic E-state index is 12.1. The summed E-state index contributed by atoms with van der Waals surface area (Å²) in [5, 5.41) is 0. The molecule has 0 atom stereocenters. The van der Waals surface area contributed by atoms with Crippen molar-refractivity contribution in [1.29, 1.82) is 0 Å². The average molecular weight is 316 g/mol. The summed E-state index contributed by atoms with van der Waals surface area (Å²) in [6, 6.07) is 18.5. The lowest BCUT2D eigenvalue weighted by Gasteiger charge is -2.00. The Morgan fingerprint density at radius 3 is 1.92 bits per heavy atom. The monoisotopic (exact) mass is 316 g/mol. The van der Waals surface area contributed by atoms with Crippen LogP contribution in [0.1, 0.15) is 11.1 Å². The second-order valence-electron chi connectivity index (χ2n) is 5.36. The zero-order valence-corrected chi connectivity index (χ0v) is 12.6. The molecule has 2 aromatic rings. The fraction of sp³-hybridized carbons (Fsp3) is 0. The minimum atomic E-state index is -0.526. The normalized spacial score (nSPS) is 19.7. The fourth-order valence-electron chi connectivity index (χ4n) is 2.62. The highest BCUT2D eigenvalue weighted by molar-refractivity contribution is 6.20. The van der Waals surface area contributed by atoms with E-state index in [9.17, 15) is 9.59 Å². The predicted molar refractivity (Wildman–Crippen MR) is 88.0 cm³/mol. The highest BCUT2D eigenvalue weighted by Crippen LogP contribution is 2.33. The summed E-state index contributed by atoms with van der Waals surface area (Å²) in [6.45, 7) is 0. The first-order chi connectivity index (χ1) is 11.7. The second-order valence-corrected chi connectivity index (χ2v) is 5.36. The molecule has 0 radical (unpaired) electrons. The van der Waals surface area contributed by atoms with Crippen molar-refractivity contribution in [2.24, 2.45) is 0 Å². The van der Waals surface area contributed by atoms with Gasteiger partial charge in [-0.3, -0.25) is 0 Å². The number of esters is 2. The fourth-order valence-corrected chi connectivity index (χ4v) is 2.62. The molecule has 0 saturated heterocycles. The first-order valence-electron chi connectivity index (χ1n) is 7.45. The molecule has 2 aromatic carbocycles. The van der Waals surface area contributed by atoms with E-state index >= 15 is 0 Å². The van der Waals surface area contributed by atoms with E-state index in [2.05, 4.69) is 0 Å². The van der Waals surface area contributed by atoms with Crippen LogP contribution in [0.4, 0.5) is 0 Å². The zero-order valence-electron chi connectivity index (χ0n) is 12.6. The number of ether oxygens (including phenoxy) is 2. The standard InChI is InChI=1S/C20H12O4/c21-19-15(13-7-3-1-4-8-13)11-18(24-19)16-12-17(23-20(16)22)14-9-5-2-6-10-14/h1-12H/b18-16-. The van der Waals surface area contributed by atoms with E-state index in [4.69, 9.17) is 9.47 Å². The number of hydrogen-bond acceptors (Lipinski definition) is 4. The Labute approximate surface area is 138 Å². The van der Waals surface area contributed by atoms with Gasteiger partial charge in [-0.2, -0.15) is 0 Å². The van der Waals surface area contributed by atoms with Crippen molar-refractivity contribution in [3.63, 3.8) is 0 Å². The van der Waals surface area contributed by atoms with Crippen molar-refractivity contribution < 1.29 is 19.1 Å². The molecule has 2 heterocycles. The number of allylic oxidation sites excluding steroid dienone is 1. The van der Waals surface area contributed by atoms with E-state index < -0.39 is 11.9 Å². The van der Waals surface area contributed by atoms with Crippen molar-refractivity contribution in [2.45, 2.75) is 0 Å². The topological polar surface area (TPSA) is 52.6 Å². The molecule has 0 N–H and O–H groups in total. The van der Waals surface area contributed by atoms with Gasteiger partial charge in [-0.15, -0.1) is 0 Å². The second kappa shape index (κ2) is 5.66. The van der Waals surface area contributed by atoms with Gasteiger partial charge in [-0.25, -0.2) is 9.59 Å². The predicted octanol–water partition coefficient (Wildman–Crippen LogP) is 3.48. The third-order valence-electron chi connectivity index (χ3n) is 3.80. The van der Waals surface area contributed by atoms with Crippen LogP contribution in [-0.2, 0) is 19.1 Å². The molecule has 0 unspecified atom stereocenters. The van der Waals surface area contributed by atoms with Gasteiger partial charge in [0, 0.05) is 5.56 Å². The lowest BCUT2D eigenvalue weighted by molar-refractivity contribution is -0.132. The van der Waals surface area contributed by atoms with Crippen LogP contribution in [0, 0.1) is 0 Å². The third-order valence-corrected chi connectivity index (χ3v) is 3.80. The number of hydrogen-bond donors (Lipinski definition) is 0. The van der Waals surface area contributed by atoms with Gasteiger partial charge < -0.3 is 9.47 Å². The molecule has 0 saturated carbocycles. The lowest BCUT2D eigenvalue weighted by Crippen LogP contribution is -2.02. The number of carbonyl (C=O) groups excluding carboxylic acids is 2. The molecule has 0 fully saturated rings. The molecule has 2 aliphatic heterocycles. The first-order valence-corrected chi connectivity index (χ1v) is 7.45. The van der Waals surface area contributed by atoms with Crippen molar-refractivity contribution in [1.82, 2.24) is 0 Å². The molecule has 116 valence electrons. The zero-order chi connectivity index (χ0) is 16.5. The van der Waals surface area contributed by atoms with Crippen LogP contribution in [0.2, 0.25) is 0 Å². The molecule has 4 rings (SSSR count). The summed E-state index contributed by atoms with van der Waals surface area (Å²) in [5.74, 6) is -0.337. The molecule has 4 heteroatoms. The average Bonchev–Trinajstić information content (AvgIpc) is 3.19. The Kier molecular flexibility index (Phi) is 3.35. The molecule has 4 nitrogen and oxygen atoms in total. The van der Waals surface area contributed by atoms with E-state index in [1.807, 2.05) is 60.7 Å². The number of carbonyl (C=O) groups is 2. The highest BCUT2D eigenvalue weighted by Gasteiger charge is 2.31. The van der Waals surface area contributed by atoms with Gasteiger partial charge in [-0.1, -0.05) is 60.7 Å². The van der Waals surface area contributed by atoms with Gasteiger partial charge in [0.2, 0.25) is 0 Å². The maximum atomic E-state index is 12.1. The number of rotatable bonds is 2. The van der Waals surface area contributed by atoms with Crippen LogP contribution in [0.15, 0.2) is 84.1 Å². The summed E-state index contributed by atoms with van der Waals surface area (Å²) in [5.41, 5.74) is 2.20. The molecule has 0 aromatic heterocycles. The Bertz CT molecular complexity index is 919. The van der Waals surface area contributed by atoms with Gasteiger partial charge in [0.1, 0.15) is 17.1 Å². The van der Waals surface area contributed by atoms with Crippen molar-refractivity contribution in [3.05, 3.63) is 95.3 Å². The van der Waals surface area contributed by atoms with Crippen molar-refractivity contribution in [3.8, 4) is 0 Å². The number of cyclic esters (lactones) is 2. The van der Waals surface area contributed by atoms with Crippen LogP contribution >= 0.6 is 0 Å². The molecule has 24 heavy (non-hydrogen) atoms. The minimum absolute atomic E-state index is 0.217. The molecule has 0 amide bonds. The van der Waals surface area contributed by atoms with Crippen LogP contribution in [0.5, 0.6) is 0 Å². The Morgan fingerprint density at radius 2 is 1.25 bits per heavy atom. The quantitative estimate of drug-likeness (QED) is 0.629. The molecular formula is C20H12O4. The van der Waals surface area contributed by atoms with Crippen LogP contribution < -0.4 is 0 Å². The van der Waals surface area contributed by atoms with E-state index in [1.54, 1.807) is 12.2 Å².